The topological polar surface area (TPSA) is 71.2 Å². The van der Waals surface area contributed by atoms with Crippen molar-refractivity contribution in [3.8, 4) is 0 Å². The Balaban J connectivity index is 2.19. The van der Waals surface area contributed by atoms with E-state index in [0.29, 0.717) is 16.5 Å². The standard InChI is InChI=1S/C11H16ClN3O/c12-9-5-8(13)6-14-10(9)15-11(7-16)3-1-2-4-11/h5-6,16H,1-4,7,13H2,(H,14,15). The lowest BCUT2D eigenvalue weighted by Crippen LogP contribution is -2.39. The molecule has 1 saturated carbocycles. The maximum atomic E-state index is 9.47. The summed E-state index contributed by atoms with van der Waals surface area (Å²) >= 11 is 6.04. The summed E-state index contributed by atoms with van der Waals surface area (Å²) in [5, 5.41) is 13.2. The second-order valence-corrected chi connectivity index (χ2v) is 4.78. The zero-order valence-corrected chi connectivity index (χ0v) is 9.80. The van der Waals surface area contributed by atoms with Crippen LogP contribution in [-0.4, -0.2) is 22.2 Å². The van der Waals surface area contributed by atoms with Crippen LogP contribution in [0, 0.1) is 0 Å². The number of aliphatic hydroxyl groups is 1. The SMILES string of the molecule is Nc1cnc(NC2(CO)CCCC2)c(Cl)c1. The highest BCUT2D eigenvalue weighted by atomic mass is 35.5. The maximum absolute atomic E-state index is 9.47. The van der Waals surface area contributed by atoms with Crippen LogP contribution in [0.5, 0.6) is 0 Å². The number of nitrogens with one attached hydrogen (secondary N) is 1. The summed E-state index contributed by atoms with van der Waals surface area (Å²) in [7, 11) is 0. The third kappa shape index (κ3) is 2.23. The highest BCUT2D eigenvalue weighted by Gasteiger charge is 2.33. The Morgan fingerprint density at radius 2 is 2.19 bits per heavy atom. The van der Waals surface area contributed by atoms with Gasteiger partial charge in [0.2, 0.25) is 0 Å². The Kier molecular flexibility index (Phi) is 3.21. The van der Waals surface area contributed by atoms with E-state index in [4.69, 9.17) is 17.3 Å². The van der Waals surface area contributed by atoms with Gasteiger partial charge in [-0.3, -0.25) is 0 Å². The zero-order chi connectivity index (χ0) is 11.6. The van der Waals surface area contributed by atoms with Gasteiger partial charge in [0, 0.05) is 0 Å². The van der Waals surface area contributed by atoms with Crippen LogP contribution >= 0.6 is 11.6 Å². The lowest BCUT2D eigenvalue weighted by molar-refractivity contribution is 0.214. The summed E-state index contributed by atoms with van der Waals surface area (Å²) < 4.78 is 0. The van der Waals surface area contributed by atoms with E-state index >= 15 is 0 Å². The number of nitrogens with two attached hydrogens (primary N) is 1. The first kappa shape index (κ1) is 11.5. The molecule has 1 aromatic rings. The highest BCUT2D eigenvalue weighted by Crippen LogP contribution is 2.34. The van der Waals surface area contributed by atoms with Gasteiger partial charge in [0.15, 0.2) is 0 Å². The van der Waals surface area contributed by atoms with Gasteiger partial charge in [-0.05, 0) is 18.9 Å². The molecule has 0 radical (unpaired) electrons. The maximum Gasteiger partial charge on any atom is 0.145 e. The number of pyridine rings is 1. The largest absolute Gasteiger partial charge is 0.397 e. The normalized spacial score (nSPS) is 18.6. The van der Waals surface area contributed by atoms with E-state index in [-0.39, 0.29) is 12.1 Å². The molecule has 88 valence electrons. The molecular weight excluding hydrogens is 226 g/mol. The van der Waals surface area contributed by atoms with Gasteiger partial charge in [-0.1, -0.05) is 24.4 Å². The molecule has 0 amide bonds. The van der Waals surface area contributed by atoms with Crippen LogP contribution in [0.15, 0.2) is 12.3 Å². The molecule has 2 rings (SSSR count). The Morgan fingerprint density at radius 3 is 2.75 bits per heavy atom. The first-order chi connectivity index (χ1) is 7.65. The number of halogens is 1. The van der Waals surface area contributed by atoms with Crippen molar-refractivity contribution in [2.24, 2.45) is 0 Å². The van der Waals surface area contributed by atoms with Gasteiger partial charge in [0.05, 0.1) is 29.1 Å². The minimum absolute atomic E-state index is 0.107. The number of nitrogens with zero attached hydrogens (tertiary/aromatic N) is 1. The molecule has 1 aromatic heterocycles. The van der Waals surface area contributed by atoms with E-state index in [9.17, 15) is 5.11 Å². The number of aliphatic hydroxyl groups excluding tert-OH is 1. The summed E-state index contributed by atoms with van der Waals surface area (Å²) in [6.07, 6.45) is 5.71. The van der Waals surface area contributed by atoms with Crippen LogP contribution in [0.3, 0.4) is 0 Å². The molecular formula is C11H16ClN3O. The number of nitrogen functional groups attached to an aromatic ring is 1. The zero-order valence-electron chi connectivity index (χ0n) is 9.04. The number of rotatable bonds is 3. The molecule has 1 aliphatic carbocycles. The second-order valence-electron chi connectivity index (χ2n) is 4.37. The first-order valence-electron chi connectivity index (χ1n) is 5.45. The van der Waals surface area contributed by atoms with E-state index in [2.05, 4.69) is 10.3 Å². The van der Waals surface area contributed by atoms with Crippen molar-refractivity contribution in [3.05, 3.63) is 17.3 Å². The molecule has 0 unspecified atom stereocenters. The van der Waals surface area contributed by atoms with Crippen molar-refractivity contribution < 1.29 is 5.11 Å². The van der Waals surface area contributed by atoms with E-state index < -0.39 is 0 Å². The van der Waals surface area contributed by atoms with Crippen LogP contribution < -0.4 is 11.1 Å². The van der Waals surface area contributed by atoms with Crippen molar-refractivity contribution in [1.29, 1.82) is 0 Å². The quantitative estimate of drug-likeness (QED) is 0.757. The second kappa shape index (κ2) is 4.47. The average molecular weight is 242 g/mol. The predicted octanol–water partition coefficient (Wildman–Crippen LogP) is 2.03. The van der Waals surface area contributed by atoms with E-state index in [1.807, 2.05) is 0 Å². The number of aromatic nitrogens is 1. The molecule has 5 heteroatoms. The van der Waals surface area contributed by atoms with E-state index in [0.717, 1.165) is 25.7 Å². The van der Waals surface area contributed by atoms with Crippen LogP contribution in [0.25, 0.3) is 0 Å². The fraction of sp³-hybridized carbons (Fsp3) is 0.545. The van der Waals surface area contributed by atoms with E-state index in [1.54, 1.807) is 12.3 Å². The summed E-state index contributed by atoms with van der Waals surface area (Å²) in [6, 6.07) is 1.66. The number of anilines is 2. The third-order valence-corrected chi connectivity index (χ3v) is 3.40. The molecule has 1 fully saturated rings. The fourth-order valence-corrected chi connectivity index (χ4v) is 2.39. The van der Waals surface area contributed by atoms with Gasteiger partial charge in [0.1, 0.15) is 5.82 Å². The van der Waals surface area contributed by atoms with Gasteiger partial charge >= 0.3 is 0 Å². The van der Waals surface area contributed by atoms with Crippen molar-refractivity contribution in [3.63, 3.8) is 0 Å². The Morgan fingerprint density at radius 1 is 1.50 bits per heavy atom. The van der Waals surface area contributed by atoms with Crippen LogP contribution in [0.1, 0.15) is 25.7 Å². The average Bonchev–Trinajstić information content (AvgIpc) is 2.72. The monoisotopic (exact) mass is 241 g/mol. The summed E-state index contributed by atoms with van der Waals surface area (Å²) in [4.78, 5) is 4.16. The molecule has 1 aliphatic rings. The van der Waals surface area contributed by atoms with Gasteiger partial charge in [-0.15, -0.1) is 0 Å². The minimum Gasteiger partial charge on any atom is -0.397 e. The van der Waals surface area contributed by atoms with Gasteiger partial charge in [-0.2, -0.15) is 0 Å². The molecule has 4 nitrogen and oxygen atoms in total. The summed E-state index contributed by atoms with van der Waals surface area (Å²) in [6.45, 7) is 0.107. The van der Waals surface area contributed by atoms with Crippen LogP contribution in [0.4, 0.5) is 11.5 Å². The molecule has 0 spiro atoms. The molecule has 0 atom stereocenters. The number of hydrogen-bond acceptors (Lipinski definition) is 4. The van der Waals surface area contributed by atoms with Crippen molar-refractivity contribution in [1.82, 2.24) is 4.98 Å². The predicted molar refractivity (Wildman–Crippen MR) is 65.6 cm³/mol. The molecule has 4 N–H and O–H groups in total. The van der Waals surface area contributed by atoms with Gasteiger partial charge in [0.25, 0.3) is 0 Å². The summed E-state index contributed by atoms with van der Waals surface area (Å²) in [5.41, 5.74) is 5.86. The van der Waals surface area contributed by atoms with Crippen molar-refractivity contribution in [2.75, 3.05) is 17.7 Å². The van der Waals surface area contributed by atoms with E-state index in [1.165, 1.54) is 0 Å². The molecule has 1 heterocycles. The smallest absolute Gasteiger partial charge is 0.145 e. The van der Waals surface area contributed by atoms with Crippen LogP contribution in [0.2, 0.25) is 5.02 Å². The Labute approximate surface area is 99.8 Å². The summed E-state index contributed by atoms with van der Waals surface area (Å²) in [5.74, 6) is 0.604. The lowest BCUT2D eigenvalue weighted by atomic mass is 9.99. The minimum atomic E-state index is -0.257. The number of hydrogen-bond donors (Lipinski definition) is 3. The molecule has 16 heavy (non-hydrogen) atoms. The molecule has 0 aliphatic heterocycles. The Hall–Kier alpha value is -1.00. The van der Waals surface area contributed by atoms with Gasteiger partial charge < -0.3 is 16.2 Å². The van der Waals surface area contributed by atoms with Crippen LogP contribution in [-0.2, 0) is 0 Å². The lowest BCUT2D eigenvalue weighted by Gasteiger charge is -2.29. The first-order valence-corrected chi connectivity index (χ1v) is 5.83. The molecule has 0 saturated heterocycles. The van der Waals surface area contributed by atoms with Crippen molar-refractivity contribution in [2.45, 2.75) is 31.2 Å². The van der Waals surface area contributed by atoms with Gasteiger partial charge in [-0.25, -0.2) is 4.98 Å². The molecule has 0 bridgehead atoms. The van der Waals surface area contributed by atoms with Crippen molar-refractivity contribution >= 4 is 23.1 Å². The Bertz CT molecular complexity index is 377. The fourth-order valence-electron chi connectivity index (χ4n) is 2.17. The highest BCUT2D eigenvalue weighted by molar-refractivity contribution is 6.33. The third-order valence-electron chi connectivity index (χ3n) is 3.11. The molecule has 0 aromatic carbocycles.